The second-order valence-electron chi connectivity index (χ2n) is 13.8. The van der Waals surface area contributed by atoms with Crippen LogP contribution < -0.4 is 0 Å². The van der Waals surface area contributed by atoms with E-state index >= 15 is 0 Å². The summed E-state index contributed by atoms with van der Waals surface area (Å²) in [5, 5.41) is 5.83. The Bertz CT molecular complexity index is 3210. The minimum atomic E-state index is 0.651. The highest BCUT2D eigenvalue weighted by Gasteiger charge is 2.19. The van der Waals surface area contributed by atoms with Crippen LogP contribution in [0.5, 0.6) is 0 Å². The molecule has 0 radical (unpaired) electrons. The summed E-state index contributed by atoms with van der Waals surface area (Å²) in [7, 11) is 0. The van der Waals surface area contributed by atoms with Crippen molar-refractivity contribution in [1.29, 1.82) is 0 Å². The van der Waals surface area contributed by atoms with Crippen LogP contribution in [0.3, 0.4) is 0 Å². The first-order valence-corrected chi connectivity index (χ1v) is 18.3. The molecule has 3 aromatic heterocycles. The van der Waals surface area contributed by atoms with E-state index < -0.39 is 0 Å². The topological polar surface area (TPSA) is 35.6 Å². The van der Waals surface area contributed by atoms with Crippen LogP contribution >= 0.6 is 0 Å². The van der Waals surface area contributed by atoms with Gasteiger partial charge in [0.1, 0.15) is 0 Å². The van der Waals surface area contributed by atoms with Gasteiger partial charge in [-0.2, -0.15) is 0 Å². The monoisotopic (exact) mass is 688 g/mol. The molecule has 4 nitrogen and oxygen atoms in total. The first-order valence-electron chi connectivity index (χ1n) is 18.3. The maximum absolute atomic E-state index is 5.41. The largest absolute Gasteiger partial charge is 0.309 e. The Labute approximate surface area is 311 Å². The Hall–Kier alpha value is -7.30. The van der Waals surface area contributed by atoms with Crippen LogP contribution in [0, 0.1) is 0 Å². The Balaban J connectivity index is 1.12. The van der Waals surface area contributed by atoms with Gasteiger partial charge in [0, 0.05) is 38.2 Å². The van der Waals surface area contributed by atoms with Gasteiger partial charge in [-0.15, -0.1) is 0 Å². The fourth-order valence-corrected chi connectivity index (χ4v) is 8.23. The van der Waals surface area contributed by atoms with Crippen molar-refractivity contribution in [2.24, 2.45) is 0 Å². The molecule has 8 aromatic carbocycles. The van der Waals surface area contributed by atoms with Gasteiger partial charge in [-0.3, -0.25) is 4.57 Å². The summed E-state index contributed by atoms with van der Waals surface area (Å²) >= 11 is 0. The smallest absolute Gasteiger partial charge is 0.235 e. The number of para-hydroxylation sites is 4. The van der Waals surface area contributed by atoms with Crippen LogP contribution in [0.2, 0.25) is 0 Å². The summed E-state index contributed by atoms with van der Waals surface area (Å²) in [6, 6.07) is 69.1. The third-order valence-corrected chi connectivity index (χ3v) is 10.7. The van der Waals surface area contributed by atoms with Crippen LogP contribution in [-0.2, 0) is 0 Å². The van der Waals surface area contributed by atoms with Gasteiger partial charge < -0.3 is 4.57 Å². The summed E-state index contributed by atoms with van der Waals surface area (Å²) in [5.41, 5.74) is 13.2. The van der Waals surface area contributed by atoms with Crippen molar-refractivity contribution in [3.63, 3.8) is 0 Å². The molecule has 0 atom stereocenters. The molecule has 0 N–H and O–H groups in total. The van der Waals surface area contributed by atoms with E-state index in [1.807, 2.05) is 0 Å². The summed E-state index contributed by atoms with van der Waals surface area (Å²) in [6.45, 7) is 0. The maximum Gasteiger partial charge on any atom is 0.235 e. The highest BCUT2D eigenvalue weighted by atomic mass is 15.2. The van der Waals surface area contributed by atoms with Gasteiger partial charge in [0.05, 0.1) is 33.3 Å². The zero-order valence-electron chi connectivity index (χ0n) is 29.3. The molecule has 252 valence electrons. The quantitative estimate of drug-likeness (QED) is 0.180. The molecule has 4 heteroatoms. The van der Waals surface area contributed by atoms with Crippen molar-refractivity contribution in [3.8, 4) is 45.1 Å². The average Bonchev–Trinajstić information content (AvgIpc) is 3.76. The van der Waals surface area contributed by atoms with Crippen LogP contribution in [0.25, 0.3) is 99.7 Å². The van der Waals surface area contributed by atoms with E-state index in [2.05, 4.69) is 203 Å². The molecule has 11 rings (SSSR count). The zero-order valence-corrected chi connectivity index (χ0v) is 29.3. The zero-order chi connectivity index (χ0) is 35.6. The van der Waals surface area contributed by atoms with Gasteiger partial charge >= 0.3 is 0 Å². The van der Waals surface area contributed by atoms with E-state index in [0.29, 0.717) is 5.95 Å². The lowest BCUT2D eigenvalue weighted by Crippen LogP contribution is -2.03. The molecule has 0 spiro atoms. The van der Waals surface area contributed by atoms with Gasteiger partial charge in [0.25, 0.3) is 0 Å². The van der Waals surface area contributed by atoms with Gasteiger partial charge in [-0.1, -0.05) is 140 Å². The molecule has 0 aliphatic rings. The lowest BCUT2D eigenvalue weighted by molar-refractivity contribution is 1.01. The van der Waals surface area contributed by atoms with E-state index in [1.165, 1.54) is 38.1 Å². The third-order valence-electron chi connectivity index (χ3n) is 10.7. The highest BCUT2D eigenvalue weighted by Crippen LogP contribution is 2.39. The minimum Gasteiger partial charge on any atom is -0.309 e. The molecule has 54 heavy (non-hydrogen) atoms. The van der Waals surface area contributed by atoms with Crippen LogP contribution in [0.15, 0.2) is 194 Å². The Morgan fingerprint density at radius 1 is 0.296 bits per heavy atom. The number of rotatable bonds is 5. The predicted octanol–water partition coefficient (Wildman–Crippen LogP) is 12.8. The van der Waals surface area contributed by atoms with E-state index in [1.54, 1.807) is 0 Å². The fraction of sp³-hybridized carbons (Fsp3) is 0. The van der Waals surface area contributed by atoms with Crippen LogP contribution in [-0.4, -0.2) is 19.1 Å². The average molecular weight is 689 g/mol. The molecule has 3 heterocycles. The molecule has 0 aliphatic carbocycles. The van der Waals surface area contributed by atoms with Gasteiger partial charge in [0.15, 0.2) is 0 Å². The molecule has 0 fully saturated rings. The first kappa shape index (κ1) is 30.3. The normalized spacial score (nSPS) is 11.7. The lowest BCUT2D eigenvalue weighted by Gasteiger charge is -2.13. The van der Waals surface area contributed by atoms with Crippen molar-refractivity contribution in [2.45, 2.75) is 0 Å². The Morgan fingerprint density at radius 3 is 1.67 bits per heavy atom. The molecular weight excluding hydrogens is 657 g/mol. The van der Waals surface area contributed by atoms with Gasteiger partial charge in [0.2, 0.25) is 5.95 Å². The van der Waals surface area contributed by atoms with Crippen molar-refractivity contribution in [1.82, 2.24) is 19.1 Å². The van der Waals surface area contributed by atoms with E-state index in [0.717, 1.165) is 55.6 Å². The van der Waals surface area contributed by atoms with E-state index in [-0.39, 0.29) is 0 Å². The molecule has 0 saturated heterocycles. The van der Waals surface area contributed by atoms with Crippen molar-refractivity contribution in [3.05, 3.63) is 194 Å². The van der Waals surface area contributed by atoms with Crippen LogP contribution in [0.1, 0.15) is 0 Å². The molecule has 11 aromatic rings. The Kier molecular flexibility index (Phi) is 6.82. The standard InChI is InChI=1S/C50H32N4/c1-3-14-33(15-4-1)34-16-13-17-37(30-34)49-42-22-7-10-23-44(42)51-50(52-49)54-46-25-12-8-20-39(46)41-28-26-36(32-48(41)54)35-27-29-47-43(31-35)40-21-9-11-24-45(40)53(47)38-18-5-2-6-19-38/h1-32H. The summed E-state index contributed by atoms with van der Waals surface area (Å²) in [6.07, 6.45) is 0. The third kappa shape index (κ3) is 4.78. The molecule has 0 saturated carbocycles. The number of hydrogen-bond acceptors (Lipinski definition) is 2. The number of nitrogens with zero attached hydrogens (tertiary/aromatic N) is 4. The number of aromatic nitrogens is 4. The number of hydrogen-bond donors (Lipinski definition) is 0. The number of fused-ring (bicyclic) bond motifs is 7. The summed E-state index contributed by atoms with van der Waals surface area (Å²) in [5.74, 6) is 0.651. The van der Waals surface area contributed by atoms with E-state index in [4.69, 9.17) is 9.97 Å². The van der Waals surface area contributed by atoms with Gasteiger partial charge in [-0.25, -0.2) is 9.97 Å². The Morgan fingerprint density at radius 2 is 0.852 bits per heavy atom. The minimum absolute atomic E-state index is 0.651. The summed E-state index contributed by atoms with van der Waals surface area (Å²) in [4.78, 5) is 10.6. The molecule has 0 unspecified atom stereocenters. The fourth-order valence-electron chi connectivity index (χ4n) is 8.23. The second kappa shape index (κ2) is 12.1. The molecular formula is C50H32N4. The van der Waals surface area contributed by atoms with Crippen molar-refractivity contribution in [2.75, 3.05) is 0 Å². The van der Waals surface area contributed by atoms with Crippen LogP contribution in [0.4, 0.5) is 0 Å². The van der Waals surface area contributed by atoms with E-state index in [9.17, 15) is 0 Å². The lowest BCUT2D eigenvalue weighted by atomic mass is 10.00. The first-order chi connectivity index (χ1) is 26.8. The van der Waals surface area contributed by atoms with Gasteiger partial charge in [-0.05, 0) is 76.9 Å². The van der Waals surface area contributed by atoms with Crippen molar-refractivity contribution >= 4 is 54.5 Å². The number of benzene rings is 8. The summed E-state index contributed by atoms with van der Waals surface area (Å²) < 4.78 is 4.60. The molecule has 0 amide bonds. The SMILES string of the molecule is c1ccc(-c2cccc(-c3nc(-n4c5ccccc5c5ccc(-c6ccc7c(c6)c6ccccc6n7-c6ccccc6)cc54)nc4ccccc34)c2)cc1. The van der Waals surface area contributed by atoms with Crippen molar-refractivity contribution < 1.29 is 0 Å². The second-order valence-corrected chi connectivity index (χ2v) is 13.8. The maximum atomic E-state index is 5.41. The molecule has 0 bridgehead atoms. The highest BCUT2D eigenvalue weighted by molar-refractivity contribution is 6.12. The molecule has 0 aliphatic heterocycles. The predicted molar refractivity (Wildman–Crippen MR) is 225 cm³/mol.